The van der Waals surface area contributed by atoms with Crippen LogP contribution < -0.4 is 0 Å². The normalized spacial score (nSPS) is 25.2. The van der Waals surface area contributed by atoms with Gasteiger partial charge in [-0.15, -0.1) is 0 Å². The molecular weight excluding hydrogens is 312 g/mol. The summed E-state index contributed by atoms with van der Waals surface area (Å²) < 4.78 is 5.92. The van der Waals surface area contributed by atoms with Crippen LogP contribution in [0.4, 0.5) is 0 Å². The van der Waals surface area contributed by atoms with Crippen LogP contribution >= 0.6 is 0 Å². The summed E-state index contributed by atoms with van der Waals surface area (Å²) >= 11 is 0. The number of rotatable bonds is 7. The fourth-order valence-corrected chi connectivity index (χ4v) is 7.04. The van der Waals surface area contributed by atoms with Gasteiger partial charge in [0.2, 0.25) is 0 Å². The molecule has 0 spiro atoms. The minimum atomic E-state index is -1.34. The molecule has 1 aliphatic rings. The molecule has 0 aromatic heterocycles. The van der Waals surface area contributed by atoms with Gasteiger partial charge < -0.3 is 4.74 Å². The van der Waals surface area contributed by atoms with Gasteiger partial charge in [-0.1, -0.05) is 70.7 Å². The molecule has 0 heterocycles. The molecule has 134 valence electrons. The first-order valence-electron chi connectivity index (χ1n) is 9.27. The van der Waals surface area contributed by atoms with Crippen LogP contribution in [0.25, 0.3) is 0 Å². The Morgan fingerprint density at radius 2 is 1.79 bits per heavy atom. The number of hydrogen-bond acceptors (Lipinski definition) is 2. The Kier molecular flexibility index (Phi) is 6.08. The molecule has 1 fully saturated rings. The molecule has 0 N–H and O–H groups in total. The number of hydrogen-bond donors (Lipinski definition) is 0. The summed E-state index contributed by atoms with van der Waals surface area (Å²) in [5.41, 5.74) is 1.97. The van der Waals surface area contributed by atoms with Crippen LogP contribution in [0.2, 0.25) is 25.2 Å². The number of ketones is 1. The predicted octanol–water partition coefficient (Wildman–Crippen LogP) is 5.55. The van der Waals surface area contributed by atoms with E-state index < -0.39 is 8.07 Å². The van der Waals surface area contributed by atoms with Gasteiger partial charge in [0.25, 0.3) is 0 Å². The van der Waals surface area contributed by atoms with Gasteiger partial charge in [-0.25, -0.2) is 0 Å². The van der Waals surface area contributed by atoms with E-state index in [4.69, 9.17) is 4.74 Å². The van der Waals surface area contributed by atoms with Crippen molar-refractivity contribution in [1.82, 2.24) is 0 Å². The van der Waals surface area contributed by atoms with Crippen molar-refractivity contribution in [1.29, 1.82) is 0 Å². The van der Waals surface area contributed by atoms with Crippen LogP contribution in [0.5, 0.6) is 0 Å². The van der Waals surface area contributed by atoms with Crippen molar-refractivity contribution < 1.29 is 9.53 Å². The monoisotopic (exact) mass is 346 g/mol. The maximum Gasteiger partial charge on any atom is 0.136 e. The molecule has 0 amide bonds. The van der Waals surface area contributed by atoms with Crippen molar-refractivity contribution in [2.45, 2.75) is 65.4 Å². The molecule has 0 radical (unpaired) electrons. The number of carbonyl (C=O) groups excluding carboxylic acids is 1. The van der Waals surface area contributed by atoms with Gasteiger partial charge >= 0.3 is 0 Å². The van der Waals surface area contributed by atoms with Crippen molar-refractivity contribution in [2.75, 3.05) is 6.61 Å². The molecule has 24 heavy (non-hydrogen) atoms. The zero-order valence-electron chi connectivity index (χ0n) is 16.3. The Hall–Kier alpha value is -0.933. The van der Waals surface area contributed by atoms with E-state index in [1.807, 2.05) is 18.2 Å². The lowest BCUT2D eigenvalue weighted by molar-refractivity contribution is -0.121. The molecule has 1 unspecified atom stereocenters. The zero-order valence-corrected chi connectivity index (χ0v) is 17.3. The molecule has 1 aromatic carbocycles. The van der Waals surface area contributed by atoms with Gasteiger partial charge in [-0.2, -0.15) is 0 Å². The topological polar surface area (TPSA) is 26.3 Å². The van der Waals surface area contributed by atoms with Crippen LogP contribution in [-0.2, 0) is 16.1 Å². The van der Waals surface area contributed by atoms with Crippen molar-refractivity contribution in [3.63, 3.8) is 0 Å². The van der Waals surface area contributed by atoms with Crippen molar-refractivity contribution in [3.05, 3.63) is 35.9 Å². The lowest BCUT2D eigenvalue weighted by atomic mass is 9.71. The number of benzene rings is 1. The van der Waals surface area contributed by atoms with E-state index >= 15 is 0 Å². The number of Topliss-reactive ketones (excluding diaryl/α,β-unsaturated/α-hetero) is 1. The molecule has 3 heteroatoms. The third kappa shape index (κ3) is 4.57. The summed E-state index contributed by atoms with van der Waals surface area (Å²) in [5.74, 6) is 1.17. The Bertz CT molecular complexity index is 545. The van der Waals surface area contributed by atoms with E-state index in [0.29, 0.717) is 23.8 Å². The van der Waals surface area contributed by atoms with E-state index in [-0.39, 0.29) is 11.3 Å². The molecule has 0 saturated heterocycles. The summed E-state index contributed by atoms with van der Waals surface area (Å²) in [6, 6.07) is 10.3. The van der Waals surface area contributed by atoms with Gasteiger partial charge in [0.1, 0.15) is 5.78 Å². The maximum absolute atomic E-state index is 12.4. The highest BCUT2D eigenvalue weighted by Gasteiger charge is 2.51. The maximum atomic E-state index is 12.4. The Morgan fingerprint density at radius 1 is 1.17 bits per heavy atom. The summed E-state index contributed by atoms with van der Waals surface area (Å²) in [5, 5.41) is 0. The van der Waals surface area contributed by atoms with Gasteiger partial charge in [0.15, 0.2) is 0 Å². The molecule has 2 rings (SSSR count). The van der Waals surface area contributed by atoms with Crippen LogP contribution in [-0.4, -0.2) is 20.5 Å². The number of ether oxygens (including phenoxy) is 1. The molecule has 0 bridgehead atoms. The highest BCUT2D eigenvalue weighted by molar-refractivity contribution is 6.78. The minimum absolute atomic E-state index is 0.146. The van der Waals surface area contributed by atoms with Gasteiger partial charge in [-0.05, 0) is 28.9 Å². The zero-order chi connectivity index (χ0) is 18.0. The average molecular weight is 347 g/mol. The first-order valence-corrected chi connectivity index (χ1v) is 12.8. The highest BCUT2D eigenvalue weighted by atomic mass is 28.3. The van der Waals surface area contributed by atoms with E-state index in [1.54, 1.807) is 0 Å². The predicted molar refractivity (Wildman–Crippen MR) is 104 cm³/mol. The molecule has 3 atom stereocenters. The van der Waals surface area contributed by atoms with Gasteiger partial charge in [-0.3, -0.25) is 4.79 Å². The lowest BCUT2D eigenvalue weighted by Crippen LogP contribution is -2.39. The summed E-state index contributed by atoms with van der Waals surface area (Å²) in [6.45, 7) is 15.5. The largest absolute Gasteiger partial charge is 0.377 e. The molecule has 1 aliphatic carbocycles. The van der Waals surface area contributed by atoms with Crippen LogP contribution in [0.15, 0.2) is 30.3 Å². The van der Waals surface area contributed by atoms with Crippen LogP contribution in [0.1, 0.15) is 39.2 Å². The smallest absolute Gasteiger partial charge is 0.136 e. The Morgan fingerprint density at radius 3 is 2.38 bits per heavy atom. The quantitative estimate of drug-likeness (QED) is 0.478. The lowest BCUT2D eigenvalue weighted by Gasteiger charge is -2.42. The summed E-state index contributed by atoms with van der Waals surface area (Å²) in [6.07, 6.45) is 1.82. The molecule has 1 aromatic rings. The van der Waals surface area contributed by atoms with E-state index in [0.717, 1.165) is 19.4 Å². The first kappa shape index (κ1) is 19.4. The second-order valence-corrected chi connectivity index (χ2v) is 14.7. The molecule has 0 aliphatic heterocycles. The fourth-order valence-electron chi connectivity index (χ4n) is 4.41. The standard InChI is InChI=1S/C21H34O2Si/c1-16-18(22)14-19(24(4,5)6)20(16)21(2,3)12-13-23-15-17-10-8-7-9-11-17/h7-11,16,19-20H,12-15H2,1-6H3/t16?,19-,20-/m0/s1. The van der Waals surface area contributed by atoms with E-state index in [2.05, 4.69) is 52.5 Å². The van der Waals surface area contributed by atoms with Gasteiger partial charge in [0.05, 0.1) is 6.61 Å². The second-order valence-electron chi connectivity index (χ2n) is 9.23. The highest BCUT2D eigenvalue weighted by Crippen LogP contribution is 2.54. The van der Waals surface area contributed by atoms with Crippen LogP contribution in [0.3, 0.4) is 0 Å². The molecule has 1 saturated carbocycles. The van der Waals surface area contributed by atoms with Crippen molar-refractivity contribution in [2.24, 2.45) is 17.3 Å². The number of carbonyl (C=O) groups is 1. The summed E-state index contributed by atoms with van der Waals surface area (Å²) in [4.78, 5) is 12.4. The second kappa shape index (κ2) is 7.53. The Labute approximate surface area is 149 Å². The van der Waals surface area contributed by atoms with E-state index in [9.17, 15) is 4.79 Å². The van der Waals surface area contributed by atoms with Crippen molar-refractivity contribution in [3.8, 4) is 0 Å². The molecular formula is C21H34O2Si. The Balaban J connectivity index is 1.96. The SMILES string of the molecule is CC1C(=O)C[C@H]([Si](C)(C)C)[C@H]1C(C)(C)CCOCc1ccccc1. The minimum Gasteiger partial charge on any atom is -0.377 e. The molecule has 2 nitrogen and oxygen atoms in total. The first-order chi connectivity index (χ1) is 11.1. The van der Waals surface area contributed by atoms with E-state index in [1.165, 1.54) is 5.56 Å². The summed E-state index contributed by atoms with van der Waals surface area (Å²) in [7, 11) is -1.34. The third-order valence-corrected chi connectivity index (χ3v) is 8.71. The third-order valence-electron chi connectivity index (χ3n) is 5.92. The van der Waals surface area contributed by atoms with Crippen LogP contribution in [0, 0.1) is 17.3 Å². The fraction of sp³-hybridized carbons (Fsp3) is 0.667. The van der Waals surface area contributed by atoms with Crippen molar-refractivity contribution >= 4 is 13.9 Å². The average Bonchev–Trinajstić information content (AvgIpc) is 2.81. The van der Waals surface area contributed by atoms with Gasteiger partial charge in [0, 0.05) is 27.0 Å².